The van der Waals surface area contributed by atoms with Crippen LogP contribution in [0.2, 0.25) is 0 Å². The third-order valence-electron chi connectivity index (χ3n) is 2.33. The van der Waals surface area contributed by atoms with E-state index in [0.717, 1.165) is 0 Å². The maximum atomic E-state index is 3.59. The number of hydrogen-bond donors (Lipinski definition) is 0. The van der Waals surface area contributed by atoms with E-state index in [1.807, 2.05) is 0 Å². The number of hydrogen-bond acceptors (Lipinski definition) is 2. The largest absolute Gasteiger partial charge is 0.309 e. The first kappa shape index (κ1) is 10.9. The van der Waals surface area contributed by atoms with Crippen LogP contribution in [0.1, 0.15) is 12.8 Å². The Morgan fingerprint density at radius 1 is 1.42 bits per heavy atom. The van der Waals surface area contributed by atoms with Gasteiger partial charge in [-0.05, 0) is 38.1 Å². The Bertz CT molecular complexity index is 134. The number of nitrogens with zero attached hydrogens (tertiary/aromatic N) is 1. The molecular weight excluding hydrogens is 234 g/mol. The summed E-state index contributed by atoms with van der Waals surface area (Å²) < 4.78 is 0. The summed E-state index contributed by atoms with van der Waals surface area (Å²) in [6.45, 7) is 1.21. The zero-order valence-corrected chi connectivity index (χ0v) is 10.4. The van der Waals surface area contributed by atoms with Gasteiger partial charge in [-0.25, -0.2) is 0 Å². The van der Waals surface area contributed by atoms with Crippen molar-refractivity contribution < 1.29 is 0 Å². The summed E-state index contributed by atoms with van der Waals surface area (Å²) in [5.41, 5.74) is 0.691. The van der Waals surface area contributed by atoms with Gasteiger partial charge in [-0.1, -0.05) is 15.9 Å². The highest BCUT2D eigenvalue weighted by Gasteiger charge is 2.40. The van der Waals surface area contributed by atoms with Crippen molar-refractivity contribution in [3.05, 3.63) is 0 Å². The summed E-state index contributed by atoms with van der Waals surface area (Å²) in [6, 6.07) is 0. The van der Waals surface area contributed by atoms with Crippen molar-refractivity contribution >= 4 is 27.7 Å². The van der Waals surface area contributed by atoms with Gasteiger partial charge >= 0.3 is 0 Å². The first-order chi connectivity index (χ1) is 5.68. The maximum Gasteiger partial charge on any atom is 0.00958 e. The normalized spacial score (nSPS) is 20.0. The molecule has 0 unspecified atom stereocenters. The summed E-state index contributed by atoms with van der Waals surface area (Å²) in [7, 11) is 4.27. The molecule has 0 amide bonds. The lowest BCUT2D eigenvalue weighted by Gasteiger charge is -2.12. The average molecular weight is 252 g/mol. The minimum absolute atomic E-state index is 0.691. The summed E-state index contributed by atoms with van der Waals surface area (Å²) >= 11 is 5.69. The fourth-order valence-electron chi connectivity index (χ4n) is 1.03. The van der Waals surface area contributed by atoms with E-state index in [-0.39, 0.29) is 0 Å². The van der Waals surface area contributed by atoms with E-state index < -0.39 is 0 Å². The van der Waals surface area contributed by atoms with Crippen LogP contribution in [0.5, 0.6) is 0 Å². The van der Waals surface area contributed by atoms with Crippen molar-refractivity contribution in [3.8, 4) is 0 Å². The molecule has 0 atom stereocenters. The zero-order valence-electron chi connectivity index (χ0n) is 7.98. The zero-order chi connectivity index (χ0) is 9.03. The van der Waals surface area contributed by atoms with Gasteiger partial charge in [0, 0.05) is 17.6 Å². The quantitative estimate of drug-likeness (QED) is 0.527. The van der Waals surface area contributed by atoms with Crippen LogP contribution in [-0.4, -0.2) is 42.4 Å². The van der Waals surface area contributed by atoms with Crippen LogP contribution >= 0.6 is 27.7 Å². The molecule has 1 rings (SSSR count). The van der Waals surface area contributed by atoms with Crippen molar-refractivity contribution in [2.75, 3.05) is 37.5 Å². The lowest BCUT2D eigenvalue weighted by atomic mass is 10.2. The molecule has 12 heavy (non-hydrogen) atoms. The third-order valence-corrected chi connectivity index (χ3v) is 4.81. The van der Waals surface area contributed by atoms with E-state index >= 15 is 0 Å². The Hall–Kier alpha value is 0.790. The minimum atomic E-state index is 0.691. The molecule has 72 valence electrons. The summed E-state index contributed by atoms with van der Waals surface area (Å²) in [4.78, 5) is 2.25. The second-order valence-electron chi connectivity index (χ2n) is 3.99. The van der Waals surface area contributed by atoms with E-state index in [1.165, 1.54) is 36.2 Å². The molecule has 0 spiro atoms. The Morgan fingerprint density at radius 2 is 2.08 bits per heavy atom. The number of alkyl halides is 1. The molecule has 1 aliphatic carbocycles. The first-order valence-corrected chi connectivity index (χ1v) is 6.75. The predicted molar refractivity (Wildman–Crippen MR) is 61.3 cm³/mol. The van der Waals surface area contributed by atoms with Gasteiger partial charge in [-0.3, -0.25) is 0 Å². The fraction of sp³-hybridized carbons (Fsp3) is 1.00. The lowest BCUT2D eigenvalue weighted by molar-refractivity contribution is 0.437. The van der Waals surface area contributed by atoms with Crippen LogP contribution in [0.15, 0.2) is 0 Å². The monoisotopic (exact) mass is 251 g/mol. The Kier molecular flexibility index (Phi) is 4.41. The van der Waals surface area contributed by atoms with Crippen molar-refractivity contribution in [2.24, 2.45) is 5.41 Å². The molecule has 0 bridgehead atoms. The Balaban J connectivity index is 1.95. The Labute approximate surface area is 88.4 Å². The van der Waals surface area contributed by atoms with Crippen molar-refractivity contribution in [1.29, 1.82) is 0 Å². The molecule has 1 fully saturated rings. The molecule has 1 nitrogen and oxygen atoms in total. The van der Waals surface area contributed by atoms with Gasteiger partial charge in [0.1, 0.15) is 0 Å². The van der Waals surface area contributed by atoms with Gasteiger partial charge in [0.15, 0.2) is 0 Å². The molecule has 0 aromatic rings. The molecule has 0 radical (unpaired) electrons. The van der Waals surface area contributed by atoms with Crippen molar-refractivity contribution in [3.63, 3.8) is 0 Å². The van der Waals surface area contributed by atoms with Crippen LogP contribution < -0.4 is 0 Å². The fourth-order valence-corrected chi connectivity index (χ4v) is 3.51. The number of rotatable bonds is 6. The van der Waals surface area contributed by atoms with Crippen LogP contribution in [0.3, 0.4) is 0 Å². The summed E-state index contributed by atoms with van der Waals surface area (Å²) in [5, 5.41) is 1.20. The van der Waals surface area contributed by atoms with Crippen LogP contribution in [-0.2, 0) is 0 Å². The summed E-state index contributed by atoms with van der Waals surface area (Å²) in [5.74, 6) is 2.63. The molecular formula is C9H18BrNS. The van der Waals surface area contributed by atoms with Gasteiger partial charge in [-0.2, -0.15) is 11.8 Å². The Morgan fingerprint density at radius 3 is 2.50 bits per heavy atom. The smallest absolute Gasteiger partial charge is 0.00958 e. The highest BCUT2D eigenvalue weighted by molar-refractivity contribution is 9.09. The third kappa shape index (κ3) is 3.67. The van der Waals surface area contributed by atoms with Gasteiger partial charge in [0.05, 0.1) is 0 Å². The molecule has 1 saturated carbocycles. The van der Waals surface area contributed by atoms with Crippen molar-refractivity contribution in [1.82, 2.24) is 4.90 Å². The second-order valence-corrected chi connectivity index (χ2v) is 5.66. The van der Waals surface area contributed by atoms with Crippen LogP contribution in [0.25, 0.3) is 0 Å². The highest BCUT2D eigenvalue weighted by atomic mass is 79.9. The van der Waals surface area contributed by atoms with Gasteiger partial charge in [0.25, 0.3) is 0 Å². The van der Waals surface area contributed by atoms with E-state index in [2.05, 4.69) is 46.7 Å². The molecule has 1 aliphatic rings. The van der Waals surface area contributed by atoms with E-state index in [4.69, 9.17) is 0 Å². The summed E-state index contributed by atoms with van der Waals surface area (Å²) in [6.07, 6.45) is 2.88. The molecule has 0 heterocycles. The van der Waals surface area contributed by atoms with Crippen LogP contribution in [0, 0.1) is 5.41 Å². The number of halogens is 1. The molecule has 0 aliphatic heterocycles. The molecule has 0 aromatic heterocycles. The predicted octanol–water partition coefficient (Wildman–Crippen LogP) is 2.46. The minimum Gasteiger partial charge on any atom is -0.309 e. The molecule has 3 heteroatoms. The maximum absolute atomic E-state index is 3.59. The number of thioether (sulfide) groups is 1. The molecule has 0 saturated heterocycles. The first-order valence-electron chi connectivity index (χ1n) is 4.47. The van der Waals surface area contributed by atoms with Crippen molar-refractivity contribution in [2.45, 2.75) is 12.8 Å². The molecule has 0 N–H and O–H groups in total. The average Bonchev–Trinajstić information content (AvgIpc) is 2.79. The van der Waals surface area contributed by atoms with Gasteiger partial charge in [0.2, 0.25) is 0 Å². The van der Waals surface area contributed by atoms with E-state index in [1.54, 1.807) is 0 Å². The standard InChI is InChI=1S/C9H18BrNS/c1-11(2)5-6-12-8-9(7-10)3-4-9/h3-8H2,1-2H3. The van der Waals surface area contributed by atoms with E-state index in [9.17, 15) is 0 Å². The highest BCUT2D eigenvalue weighted by Crippen LogP contribution is 2.49. The van der Waals surface area contributed by atoms with Gasteiger partial charge in [-0.15, -0.1) is 0 Å². The second kappa shape index (κ2) is 4.87. The molecule has 0 aromatic carbocycles. The van der Waals surface area contributed by atoms with E-state index in [0.29, 0.717) is 5.41 Å². The van der Waals surface area contributed by atoms with Gasteiger partial charge < -0.3 is 4.90 Å². The van der Waals surface area contributed by atoms with Crippen LogP contribution in [0.4, 0.5) is 0 Å². The lowest BCUT2D eigenvalue weighted by Crippen LogP contribution is -2.16. The SMILES string of the molecule is CN(C)CCSCC1(CBr)CC1. The topological polar surface area (TPSA) is 3.24 Å².